The summed E-state index contributed by atoms with van der Waals surface area (Å²) < 4.78 is 45.0. The number of pyridine rings is 1. The van der Waals surface area contributed by atoms with Gasteiger partial charge in [-0.3, -0.25) is 15.1 Å². The van der Waals surface area contributed by atoms with Crippen molar-refractivity contribution in [2.45, 2.75) is 25.6 Å². The fourth-order valence-electron chi connectivity index (χ4n) is 4.07. The molecule has 1 aromatic carbocycles. The SMILES string of the molecule is O=C(Nc1ncc(CN2CCCC2)s1)N1CCOc2ccc(-c3cccc(C(F)(F)F)c3)nc21. The predicted octanol–water partition coefficient (Wildman–Crippen LogP) is 5.25. The van der Waals surface area contributed by atoms with Crippen molar-refractivity contribution in [1.82, 2.24) is 14.9 Å². The van der Waals surface area contributed by atoms with Crippen molar-refractivity contribution in [2.75, 3.05) is 36.5 Å². The quantitative estimate of drug-likeness (QED) is 0.542. The summed E-state index contributed by atoms with van der Waals surface area (Å²) in [5.74, 6) is 0.651. The van der Waals surface area contributed by atoms with Gasteiger partial charge >= 0.3 is 12.2 Å². The number of nitrogens with zero attached hydrogens (tertiary/aromatic N) is 4. The van der Waals surface area contributed by atoms with Crippen molar-refractivity contribution in [3.63, 3.8) is 0 Å². The molecule has 0 saturated carbocycles. The van der Waals surface area contributed by atoms with Crippen molar-refractivity contribution in [1.29, 1.82) is 0 Å². The average molecular weight is 490 g/mol. The highest BCUT2D eigenvalue weighted by Gasteiger charge is 2.31. The first-order chi connectivity index (χ1) is 16.4. The van der Waals surface area contributed by atoms with Gasteiger partial charge in [-0.05, 0) is 50.2 Å². The van der Waals surface area contributed by atoms with Gasteiger partial charge in [0, 0.05) is 23.2 Å². The van der Waals surface area contributed by atoms with Gasteiger partial charge in [0.15, 0.2) is 16.7 Å². The summed E-state index contributed by atoms with van der Waals surface area (Å²) in [6.45, 7) is 3.50. The van der Waals surface area contributed by atoms with E-state index >= 15 is 0 Å². The number of rotatable bonds is 4. The van der Waals surface area contributed by atoms with Crippen LogP contribution in [-0.4, -0.2) is 47.1 Å². The number of thiazole rings is 1. The number of hydrogen-bond donors (Lipinski definition) is 1. The van der Waals surface area contributed by atoms with E-state index in [9.17, 15) is 18.0 Å². The summed E-state index contributed by atoms with van der Waals surface area (Å²) in [5.41, 5.74) is -0.144. The van der Waals surface area contributed by atoms with Crippen LogP contribution >= 0.6 is 11.3 Å². The molecule has 7 nitrogen and oxygen atoms in total. The molecular formula is C23H22F3N5O2S. The monoisotopic (exact) mass is 489 g/mol. The topological polar surface area (TPSA) is 70.6 Å². The van der Waals surface area contributed by atoms with E-state index in [-0.39, 0.29) is 19.0 Å². The van der Waals surface area contributed by atoms with Crippen LogP contribution in [0.5, 0.6) is 5.75 Å². The van der Waals surface area contributed by atoms with Crippen molar-refractivity contribution >= 4 is 28.3 Å². The minimum absolute atomic E-state index is 0.254. The maximum atomic E-state index is 13.1. The van der Waals surface area contributed by atoms with Crippen LogP contribution in [0.4, 0.5) is 28.9 Å². The van der Waals surface area contributed by atoms with E-state index in [1.165, 1.54) is 35.1 Å². The number of benzene rings is 1. The Morgan fingerprint density at radius 2 is 1.97 bits per heavy atom. The van der Waals surface area contributed by atoms with E-state index in [1.807, 2.05) is 0 Å². The van der Waals surface area contributed by atoms with Gasteiger partial charge in [-0.1, -0.05) is 12.1 Å². The summed E-state index contributed by atoms with van der Waals surface area (Å²) >= 11 is 1.43. The summed E-state index contributed by atoms with van der Waals surface area (Å²) in [4.78, 5) is 26.7. The molecule has 0 bridgehead atoms. The smallest absolute Gasteiger partial charge is 0.416 e. The van der Waals surface area contributed by atoms with Crippen LogP contribution < -0.4 is 15.0 Å². The molecule has 0 unspecified atom stereocenters. The lowest BCUT2D eigenvalue weighted by Gasteiger charge is -2.28. The van der Waals surface area contributed by atoms with Crippen LogP contribution in [-0.2, 0) is 12.7 Å². The Balaban J connectivity index is 1.35. The van der Waals surface area contributed by atoms with Gasteiger partial charge in [0.2, 0.25) is 0 Å². The summed E-state index contributed by atoms with van der Waals surface area (Å²) in [6.07, 6.45) is -0.279. The third-order valence-corrected chi connectivity index (χ3v) is 6.64. The molecule has 3 aromatic rings. The Labute approximate surface area is 198 Å². The van der Waals surface area contributed by atoms with Crippen molar-refractivity contribution in [3.05, 3.63) is 53.0 Å². The third kappa shape index (κ3) is 4.85. The number of fused-ring (bicyclic) bond motifs is 1. The molecule has 2 aliphatic rings. The standard InChI is InChI=1S/C23H22F3N5O2S/c24-23(25,26)16-5-3-4-15(12-16)18-6-7-19-20(28-18)31(10-11-33-19)22(32)29-21-27-13-17(34-21)14-30-8-1-2-9-30/h3-7,12-13H,1-2,8-11,14H2,(H,27,29,32). The Kier molecular flexibility index (Phi) is 6.13. The second kappa shape index (κ2) is 9.22. The third-order valence-electron chi connectivity index (χ3n) is 5.74. The van der Waals surface area contributed by atoms with Crippen LogP contribution in [0.15, 0.2) is 42.6 Å². The number of amides is 2. The maximum Gasteiger partial charge on any atom is 0.416 e. The van der Waals surface area contributed by atoms with E-state index in [2.05, 4.69) is 20.2 Å². The second-order valence-electron chi connectivity index (χ2n) is 8.14. The number of alkyl halides is 3. The van der Waals surface area contributed by atoms with Gasteiger partial charge in [-0.2, -0.15) is 13.2 Å². The summed E-state index contributed by atoms with van der Waals surface area (Å²) in [7, 11) is 0. The normalized spacial score (nSPS) is 16.3. The first-order valence-electron chi connectivity index (χ1n) is 10.9. The number of halogens is 3. The fourth-order valence-corrected chi connectivity index (χ4v) is 4.91. The van der Waals surface area contributed by atoms with Crippen LogP contribution in [0.3, 0.4) is 0 Å². The largest absolute Gasteiger partial charge is 0.488 e. The lowest BCUT2D eigenvalue weighted by Crippen LogP contribution is -2.41. The van der Waals surface area contributed by atoms with E-state index in [1.54, 1.807) is 24.4 Å². The number of urea groups is 1. The molecule has 5 rings (SSSR count). The number of anilines is 2. The molecule has 2 aromatic heterocycles. The van der Waals surface area contributed by atoms with Crippen molar-refractivity contribution in [3.8, 4) is 17.0 Å². The first kappa shape index (κ1) is 22.6. The molecule has 11 heteroatoms. The number of carbonyl (C=O) groups excluding carboxylic acids is 1. The molecule has 1 fully saturated rings. The Hall–Kier alpha value is -3.18. The summed E-state index contributed by atoms with van der Waals surface area (Å²) in [6, 6.07) is 7.73. The first-order valence-corrected chi connectivity index (χ1v) is 11.8. The van der Waals surface area contributed by atoms with Gasteiger partial charge < -0.3 is 4.74 Å². The van der Waals surface area contributed by atoms with Crippen LogP contribution in [0.25, 0.3) is 11.3 Å². The number of aromatic nitrogens is 2. The van der Waals surface area contributed by atoms with Crippen LogP contribution in [0.2, 0.25) is 0 Å². The maximum absolute atomic E-state index is 13.1. The zero-order valence-corrected chi connectivity index (χ0v) is 19.0. The van der Waals surface area contributed by atoms with Gasteiger partial charge in [-0.25, -0.2) is 14.8 Å². The number of hydrogen-bond acceptors (Lipinski definition) is 6. The molecule has 2 aliphatic heterocycles. The zero-order valence-electron chi connectivity index (χ0n) is 18.1. The molecule has 0 atom stereocenters. The minimum Gasteiger partial charge on any atom is -0.488 e. The van der Waals surface area contributed by atoms with Crippen LogP contribution in [0.1, 0.15) is 23.3 Å². The van der Waals surface area contributed by atoms with Gasteiger partial charge in [0.1, 0.15) is 6.61 Å². The molecule has 1 N–H and O–H groups in total. The summed E-state index contributed by atoms with van der Waals surface area (Å²) in [5, 5.41) is 3.30. The minimum atomic E-state index is -4.46. The highest BCUT2D eigenvalue weighted by molar-refractivity contribution is 7.15. The number of nitrogens with one attached hydrogen (secondary N) is 1. The van der Waals surface area contributed by atoms with Crippen molar-refractivity contribution in [2.24, 2.45) is 0 Å². The molecule has 2 amide bonds. The van der Waals surface area contributed by atoms with Crippen LogP contribution in [0, 0.1) is 0 Å². The molecule has 34 heavy (non-hydrogen) atoms. The van der Waals surface area contributed by atoms with Gasteiger partial charge in [0.05, 0.1) is 17.8 Å². The van der Waals surface area contributed by atoms with Crippen molar-refractivity contribution < 1.29 is 22.7 Å². The molecular weight excluding hydrogens is 467 g/mol. The molecule has 178 valence electrons. The van der Waals surface area contributed by atoms with E-state index in [0.717, 1.165) is 36.6 Å². The molecule has 0 spiro atoms. The van der Waals surface area contributed by atoms with E-state index in [4.69, 9.17) is 4.74 Å². The molecule has 0 radical (unpaired) electrons. The Morgan fingerprint density at radius 1 is 1.15 bits per heavy atom. The van der Waals surface area contributed by atoms with E-state index in [0.29, 0.717) is 22.1 Å². The highest BCUT2D eigenvalue weighted by Crippen LogP contribution is 2.35. The zero-order chi connectivity index (χ0) is 23.7. The number of ether oxygens (including phenoxy) is 1. The molecule has 4 heterocycles. The average Bonchev–Trinajstić information content (AvgIpc) is 3.50. The number of carbonyl (C=O) groups is 1. The van der Waals surface area contributed by atoms with E-state index < -0.39 is 17.8 Å². The Morgan fingerprint density at radius 3 is 2.76 bits per heavy atom. The highest BCUT2D eigenvalue weighted by atomic mass is 32.1. The predicted molar refractivity (Wildman–Crippen MR) is 123 cm³/mol. The lowest BCUT2D eigenvalue weighted by molar-refractivity contribution is -0.137. The van der Waals surface area contributed by atoms with Gasteiger partial charge in [0.25, 0.3) is 0 Å². The lowest BCUT2D eigenvalue weighted by atomic mass is 10.1. The molecule has 1 saturated heterocycles. The second-order valence-corrected chi connectivity index (χ2v) is 9.26. The molecule has 0 aliphatic carbocycles. The fraction of sp³-hybridized carbons (Fsp3) is 0.348. The van der Waals surface area contributed by atoms with Gasteiger partial charge in [-0.15, -0.1) is 11.3 Å². The number of likely N-dealkylation sites (tertiary alicyclic amines) is 1. The Bertz CT molecular complexity index is 1190.